The Morgan fingerprint density at radius 2 is 2.00 bits per heavy atom. The number of aryl methyl sites for hydroxylation is 1. The topological polar surface area (TPSA) is 125 Å². The summed E-state index contributed by atoms with van der Waals surface area (Å²) < 4.78 is 28.1. The lowest BCUT2D eigenvalue weighted by atomic mass is 10.0. The Kier molecular flexibility index (Phi) is 4.41. The number of carbonyl (C=O) groups is 1. The van der Waals surface area contributed by atoms with Gasteiger partial charge in [0.1, 0.15) is 17.5 Å². The molecule has 2 fully saturated rings. The summed E-state index contributed by atoms with van der Waals surface area (Å²) in [4.78, 5) is 33.9. The molecular formula is C24H23FN8O3. The zero-order valence-corrected chi connectivity index (χ0v) is 19.7. The standard InChI is InChI=1S/C24H23FN8O3/c1-11-27-7-15(8-28-11)36-23-29-21(32-9-12-3-14(32)6-17(12)26)19-16-4-13(25)5-18-20(16)33(22(19)30-23)10-35-24(34)31(18)2/h4-5,7-8,12,14,17H,3,6,9-10,26H2,1-2H3. The maximum Gasteiger partial charge on any atom is 0.415 e. The quantitative estimate of drug-likeness (QED) is 0.461. The van der Waals surface area contributed by atoms with Gasteiger partial charge in [0.25, 0.3) is 0 Å². The molecule has 1 aromatic carbocycles. The maximum atomic E-state index is 14.9. The fourth-order valence-corrected chi connectivity index (χ4v) is 5.76. The number of hydrogen-bond donors (Lipinski definition) is 1. The van der Waals surface area contributed by atoms with Crippen molar-refractivity contribution in [3.8, 4) is 11.8 Å². The summed E-state index contributed by atoms with van der Waals surface area (Å²) >= 11 is 0. The zero-order valence-electron chi connectivity index (χ0n) is 19.7. The van der Waals surface area contributed by atoms with Crippen molar-refractivity contribution in [2.45, 2.75) is 38.6 Å². The highest BCUT2D eigenvalue weighted by atomic mass is 19.1. The van der Waals surface area contributed by atoms with Crippen LogP contribution in [0.5, 0.6) is 11.8 Å². The van der Waals surface area contributed by atoms with Gasteiger partial charge < -0.3 is 20.1 Å². The summed E-state index contributed by atoms with van der Waals surface area (Å²) in [6, 6.07) is 3.27. The molecule has 1 aliphatic carbocycles. The molecule has 184 valence electrons. The first-order valence-corrected chi connectivity index (χ1v) is 11.8. The number of amides is 1. The number of anilines is 2. The lowest BCUT2D eigenvalue weighted by Crippen LogP contribution is -2.41. The summed E-state index contributed by atoms with van der Waals surface area (Å²) in [5.41, 5.74) is 7.85. The molecule has 1 saturated heterocycles. The lowest BCUT2D eigenvalue weighted by Gasteiger charge is -2.31. The SMILES string of the molecule is Cc1ncc(Oc2nc(N3CC4CC3CC4N)c3c4cc(F)cc5c4n(c3n2)COC(=O)N5C)cn1. The van der Waals surface area contributed by atoms with E-state index in [1.54, 1.807) is 30.9 Å². The van der Waals surface area contributed by atoms with Crippen LogP contribution in [0.2, 0.25) is 0 Å². The molecule has 2 N–H and O–H groups in total. The van der Waals surface area contributed by atoms with Gasteiger partial charge in [-0.1, -0.05) is 0 Å². The minimum absolute atomic E-state index is 0.0811. The van der Waals surface area contributed by atoms with Gasteiger partial charge in [-0.15, -0.1) is 0 Å². The van der Waals surface area contributed by atoms with Gasteiger partial charge in [-0.25, -0.2) is 19.2 Å². The minimum atomic E-state index is -0.577. The van der Waals surface area contributed by atoms with Crippen LogP contribution in [0.25, 0.3) is 21.9 Å². The van der Waals surface area contributed by atoms with Crippen molar-refractivity contribution in [1.29, 1.82) is 0 Å². The van der Waals surface area contributed by atoms with Gasteiger partial charge in [0.15, 0.2) is 18.1 Å². The molecule has 3 aromatic heterocycles. The number of cyclic esters (lactones) is 1. The smallest absolute Gasteiger partial charge is 0.415 e. The number of rotatable bonds is 3. The highest BCUT2D eigenvalue weighted by molar-refractivity contribution is 6.17. The van der Waals surface area contributed by atoms with Crippen LogP contribution in [0.4, 0.5) is 20.7 Å². The molecule has 12 heteroatoms. The van der Waals surface area contributed by atoms with Crippen molar-refractivity contribution in [3.63, 3.8) is 0 Å². The second kappa shape index (κ2) is 7.47. The fourth-order valence-electron chi connectivity index (χ4n) is 5.76. The molecule has 11 nitrogen and oxygen atoms in total. The minimum Gasteiger partial charge on any atom is -0.427 e. The first kappa shape index (κ1) is 21.2. The number of aromatic nitrogens is 5. The highest BCUT2D eigenvalue weighted by Crippen LogP contribution is 2.46. The number of nitrogens with two attached hydrogens (primary N) is 1. The summed E-state index contributed by atoms with van der Waals surface area (Å²) in [7, 11) is 1.56. The first-order valence-electron chi connectivity index (χ1n) is 11.8. The molecule has 2 bridgehead atoms. The number of halogens is 1. The van der Waals surface area contributed by atoms with Crippen LogP contribution < -0.4 is 20.3 Å². The van der Waals surface area contributed by atoms with Crippen molar-refractivity contribution in [2.75, 3.05) is 23.4 Å². The van der Waals surface area contributed by atoms with Crippen molar-refractivity contribution < 1.29 is 18.7 Å². The van der Waals surface area contributed by atoms with Crippen molar-refractivity contribution in [2.24, 2.45) is 11.7 Å². The van der Waals surface area contributed by atoms with Crippen LogP contribution in [0.3, 0.4) is 0 Å². The number of nitrogens with zero attached hydrogens (tertiary/aromatic N) is 7. The van der Waals surface area contributed by atoms with Crippen LogP contribution in [-0.2, 0) is 11.5 Å². The normalized spacial score (nSPS) is 23.0. The van der Waals surface area contributed by atoms with Crippen LogP contribution in [0.15, 0.2) is 24.5 Å². The largest absolute Gasteiger partial charge is 0.427 e. The molecule has 2 aliphatic heterocycles. The summed E-state index contributed by atoms with van der Waals surface area (Å²) in [5.74, 6) is 1.55. The molecule has 0 radical (unpaired) electrons. The van der Waals surface area contributed by atoms with Crippen LogP contribution in [0.1, 0.15) is 18.7 Å². The van der Waals surface area contributed by atoms with E-state index in [-0.39, 0.29) is 24.8 Å². The molecule has 4 aromatic rings. The molecule has 7 rings (SSSR count). The molecule has 3 unspecified atom stereocenters. The van der Waals surface area contributed by atoms with Gasteiger partial charge in [-0.05, 0) is 37.8 Å². The average Bonchev–Trinajstić information content (AvgIpc) is 3.50. The molecule has 36 heavy (non-hydrogen) atoms. The van der Waals surface area contributed by atoms with Gasteiger partial charge in [-0.2, -0.15) is 9.97 Å². The van der Waals surface area contributed by atoms with Crippen LogP contribution >= 0.6 is 0 Å². The predicted octanol–water partition coefficient (Wildman–Crippen LogP) is 3.08. The van der Waals surface area contributed by atoms with E-state index in [2.05, 4.69) is 14.9 Å². The van der Waals surface area contributed by atoms with E-state index >= 15 is 0 Å². The Morgan fingerprint density at radius 1 is 1.19 bits per heavy atom. The van der Waals surface area contributed by atoms with E-state index in [4.69, 9.17) is 25.2 Å². The van der Waals surface area contributed by atoms with Crippen molar-refractivity contribution in [3.05, 3.63) is 36.2 Å². The Balaban J connectivity index is 1.50. The number of hydrogen-bond acceptors (Lipinski definition) is 9. The molecular weight excluding hydrogens is 467 g/mol. The molecule has 3 aliphatic rings. The first-order chi connectivity index (χ1) is 17.4. The second-order valence-electron chi connectivity index (χ2n) is 9.65. The van der Waals surface area contributed by atoms with Gasteiger partial charge in [0.05, 0.1) is 29.0 Å². The summed E-state index contributed by atoms with van der Waals surface area (Å²) in [5, 5.41) is 1.29. The molecule has 3 atom stereocenters. The van der Waals surface area contributed by atoms with E-state index in [1.165, 1.54) is 17.0 Å². The van der Waals surface area contributed by atoms with Gasteiger partial charge in [-0.3, -0.25) is 9.47 Å². The number of ether oxygens (including phenoxy) is 2. The Morgan fingerprint density at radius 3 is 2.72 bits per heavy atom. The van der Waals surface area contributed by atoms with Gasteiger partial charge in [0, 0.05) is 31.1 Å². The molecule has 1 saturated carbocycles. The lowest BCUT2D eigenvalue weighted by molar-refractivity contribution is 0.128. The van der Waals surface area contributed by atoms with Gasteiger partial charge >= 0.3 is 12.1 Å². The van der Waals surface area contributed by atoms with Gasteiger partial charge in [0.2, 0.25) is 0 Å². The molecule has 1 amide bonds. The zero-order chi connectivity index (χ0) is 24.7. The second-order valence-corrected chi connectivity index (χ2v) is 9.65. The molecule has 5 heterocycles. The predicted molar refractivity (Wildman–Crippen MR) is 129 cm³/mol. The van der Waals surface area contributed by atoms with Crippen LogP contribution in [-0.4, -0.2) is 56.3 Å². The fraction of sp³-hybridized carbons (Fsp3) is 0.375. The summed E-state index contributed by atoms with van der Waals surface area (Å²) in [6.07, 6.45) is 4.37. The number of carbonyl (C=O) groups excluding carboxylic acids is 1. The summed E-state index contributed by atoms with van der Waals surface area (Å²) in [6.45, 7) is 2.45. The number of benzene rings is 1. The molecule has 0 spiro atoms. The Hall–Kier alpha value is -4.06. The van der Waals surface area contributed by atoms with Crippen molar-refractivity contribution in [1.82, 2.24) is 24.5 Å². The van der Waals surface area contributed by atoms with E-state index in [9.17, 15) is 9.18 Å². The van der Waals surface area contributed by atoms with Crippen molar-refractivity contribution >= 4 is 39.5 Å². The third kappa shape index (κ3) is 3.03. The van der Waals surface area contributed by atoms with E-state index in [1.807, 2.05) is 0 Å². The van der Waals surface area contributed by atoms with Crippen LogP contribution in [0, 0.1) is 18.7 Å². The third-order valence-corrected chi connectivity index (χ3v) is 7.49. The van der Waals surface area contributed by atoms with E-state index in [0.717, 1.165) is 19.4 Å². The number of fused-ring (bicyclic) bond motifs is 5. The third-order valence-electron chi connectivity index (χ3n) is 7.49. The Labute approximate surface area is 204 Å². The number of piperidine rings is 1. The average molecular weight is 490 g/mol. The van der Waals surface area contributed by atoms with E-state index < -0.39 is 11.9 Å². The highest BCUT2D eigenvalue weighted by Gasteiger charge is 2.44. The van der Waals surface area contributed by atoms with E-state index in [0.29, 0.717) is 50.9 Å². The Bertz CT molecular complexity index is 1550. The monoisotopic (exact) mass is 490 g/mol. The maximum absolute atomic E-state index is 14.9.